The molecule has 19 nitrogen and oxygen atoms in total. The highest BCUT2D eigenvalue weighted by Crippen LogP contribution is 2.25. The lowest BCUT2D eigenvalue weighted by Gasteiger charge is -2.20. The van der Waals surface area contributed by atoms with Gasteiger partial charge in [0.1, 0.15) is 35.5 Å². The third-order valence-electron chi connectivity index (χ3n) is 14.9. The Hall–Kier alpha value is -8.04. The molecular formula is C77H94Br3IN7O12+. The number of anilines is 3. The number of benzene rings is 3. The summed E-state index contributed by atoms with van der Waals surface area (Å²) in [5, 5.41) is 28.6. The Morgan fingerprint density at radius 1 is 0.500 bits per heavy atom. The fraction of sp³-hybridized carbons (Fsp3) is 0.312. The molecule has 7 aromatic heterocycles. The number of halogens is 4. The number of ether oxygens (including phenoxy) is 1. The summed E-state index contributed by atoms with van der Waals surface area (Å²) in [5.41, 5.74) is 9.03. The number of aromatic nitrogens is 4. The number of carbonyl (C=O) groups excluding carboxylic acids is 2. The minimum Gasteiger partial charge on any atom is -1.00 e. The highest BCUT2D eigenvalue weighted by atomic mass is 127. The predicted molar refractivity (Wildman–Crippen MR) is 407 cm³/mol. The molecule has 3 N–H and O–H groups in total. The number of hydrogen-bond acceptors (Lipinski definition) is 16. The van der Waals surface area contributed by atoms with E-state index in [-0.39, 0.29) is 84.0 Å². The Labute approximate surface area is 629 Å². The van der Waals surface area contributed by atoms with Crippen molar-refractivity contribution >= 4 is 125 Å². The van der Waals surface area contributed by atoms with E-state index < -0.39 is 5.63 Å². The second kappa shape index (κ2) is 48.7. The quantitative estimate of drug-likeness (QED) is 0.0159. The lowest BCUT2D eigenvalue weighted by Crippen LogP contribution is -3.00. The van der Waals surface area contributed by atoms with Crippen molar-refractivity contribution in [3.05, 3.63) is 241 Å². The number of nitrogens with zero attached hydrogens (tertiary/aromatic N) is 7. The van der Waals surface area contributed by atoms with Gasteiger partial charge in [-0.2, -0.15) is 0 Å². The Balaban J connectivity index is 0.000000446. The molecule has 100 heavy (non-hydrogen) atoms. The van der Waals surface area contributed by atoms with E-state index in [2.05, 4.69) is 89.3 Å². The van der Waals surface area contributed by atoms with Crippen LogP contribution in [0, 0.1) is 13.8 Å². The number of aliphatic hydroxyl groups is 3. The van der Waals surface area contributed by atoms with Crippen LogP contribution in [0.5, 0.6) is 0 Å². The number of alkyl halides is 2. The van der Waals surface area contributed by atoms with Gasteiger partial charge in [-0.15, -0.1) is 0 Å². The molecule has 0 atom stereocenters. The standard InChI is InChI=1S/C24H26IN2O4.C22H25N2O3.C14H15NO3.C8H12NO.C6H7N.C2H5BrO.CH4.2BrH/c1-3-27(4-2)21-8-7-19-15-20(24(29)31-22(19)16-21)6-5-18-9-11-26(12-10-18)13-14-30-23(28)17-25;1-3-24(4-2)20-8-7-18-15-19(22(26)27-21(18)16-20)6-5-17-9-11-23(12-10-17)13-14-25;1-3-15(4-2)12-6-5-10-7-11(9-16)14(17)18-13(10)8-12;1-8-2-4-9(5-3-8)6-7-10;1-6-2-4-7-5-3-6;3-1-2-4;;;/h5-12,15-16H,3-4,13-14,17H2,1-2H3;5-12,15-16,25H,3-4,13-14H2,1-2H3;5-9H,3-4H2,1-2H3;2-5,10H,6-7H2,1H3;2-5H,1H3;4H,1-2H2;1H4;2*1H/q2*+1;;+1;;;;;/p-2. The average Bonchev–Trinajstić information content (AvgIpc) is 0.821. The molecule has 10 aromatic rings. The number of carbonyl (C=O) groups is 2. The number of esters is 1. The first-order valence-electron chi connectivity index (χ1n) is 32.2. The molecule has 0 unspecified atom stereocenters. The summed E-state index contributed by atoms with van der Waals surface area (Å²) >= 11 is 4.98. The van der Waals surface area contributed by atoms with E-state index >= 15 is 0 Å². The fourth-order valence-corrected chi connectivity index (χ4v) is 9.71. The highest BCUT2D eigenvalue weighted by Gasteiger charge is 2.12. The molecule has 0 fully saturated rings. The van der Waals surface area contributed by atoms with Crippen LogP contribution in [0.1, 0.15) is 92.7 Å². The third-order valence-corrected chi connectivity index (χ3v) is 15.9. The van der Waals surface area contributed by atoms with E-state index in [1.54, 1.807) is 30.6 Å². The number of aldehydes is 1. The summed E-state index contributed by atoms with van der Waals surface area (Å²) in [5.74, 6) is -0.209. The van der Waals surface area contributed by atoms with Gasteiger partial charge in [0.2, 0.25) is 0 Å². The zero-order valence-corrected chi connectivity index (χ0v) is 64.2. The van der Waals surface area contributed by atoms with Gasteiger partial charge >= 0.3 is 22.8 Å². The second-order valence-corrected chi connectivity index (χ2v) is 23.1. The summed E-state index contributed by atoms with van der Waals surface area (Å²) in [6.45, 7) is 24.7. The molecule has 0 aliphatic carbocycles. The maximum Gasteiger partial charge on any atom is 0.346 e. The first kappa shape index (κ1) is 88.0. The van der Waals surface area contributed by atoms with Crippen molar-refractivity contribution in [1.82, 2.24) is 4.98 Å². The third kappa shape index (κ3) is 29.3. The van der Waals surface area contributed by atoms with Crippen molar-refractivity contribution in [2.45, 2.75) is 82.5 Å². The topological polar surface area (TPSA) is 229 Å². The van der Waals surface area contributed by atoms with E-state index in [1.165, 1.54) is 11.1 Å². The van der Waals surface area contributed by atoms with Gasteiger partial charge in [0, 0.05) is 145 Å². The molecule has 0 radical (unpaired) electrons. The summed E-state index contributed by atoms with van der Waals surface area (Å²) in [6.07, 6.45) is 22.9. The minimum atomic E-state index is -0.589. The smallest absolute Gasteiger partial charge is 0.346 e. The SMILES string of the molecule is C.CCN(CC)c1ccc2cc(/C=C/c3cc[n+](CCO)cc3)c(=O)oc2c1.CCN(CC)c1ccc2cc(/C=C/c3cc[n+](CCOC(=O)CI)cc3)c(=O)oc2c1.CCN(CC)c1ccc2cc(C=O)c(=O)oc2c1.Cc1cc[n+](CCO)cc1.Cc1ccncc1.OCCBr.[Br-].[Br-]. The Morgan fingerprint density at radius 3 is 1.14 bits per heavy atom. The van der Waals surface area contributed by atoms with Crippen LogP contribution in [-0.4, -0.2) is 108 Å². The summed E-state index contributed by atoms with van der Waals surface area (Å²) < 4.78 is 27.5. The van der Waals surface area contributed by atoms with Crippen LogP contribution in [-0.2, 0) is 29.2 Å². The van der Waals surface area contributed by atoms with Crippen molar-refractivity contribution in [2.75, 3.05) is 90.2 Å². The predicted octanol–water partition coefficient (Wildman–Crippen LogP) is 6.30. The van der Waals surface area contributed by atoms with Gasteiger partial charge in [-0.1, -0.05) is 58.1 Å². The van der Waals surface area contributed by atoms with Crippen LogP contribution >= 0.6 is 38.5 Å². The van der Waals surface area contributed by atoms with Crippen LogP contribution in [0.25, 0.3) is 57.2 Å². The molecule has 0 amide bonds. The van der Waals surface area contributed by atoms with Crippen LogP contribution in [0.15, 0.2) is 199 Å². The first-order valence-corrected chi connectivity index (χ1v) is 34.9. The van der Waals surface area contributed by atoms with Crippen LogP contribution in [0.3, 0.4) is 0 Å². The van der Waals surface area contributed by atoms with Crippen LogP contribution in [0.2, 0.25) is 0 Å². The minimum absolute atomic E-state index is 0. The highest BCUT2D eigenvalue weighted by molar-refractivity contribution is 14.1. The zero-order chi connectivity index (χ0) is 70.5. The first-order chi connectivity index (χ1) is 47.0. The number of aliphatic hydroxyl groups excluding tert-OH is 3. The van der Waals surface area contributed by atoms with Crippen molar-refractivity contribution in [3.63, 3.8) is 0 Å². The van der Waals surface area contributed by atoms with E-state index in [4.69, 9.17) is 33.3 Å². The van der Waals surface area contributed by atoms with Crippen molar-refractivity contribution in [3.8, 4) is 0 Å². The van der Waals surface area contributed by atoms with E-state index in [1.807, 2.05) is 203 Å². The van der Waals surface area contributed by atoms with Crippen LogP contribution < -0.4 is 79.2 Å². The lowest BCUT2D eigenvalue weighted by molar-refractivity contribution is -0.698. The zero-order valence-electron chi connectivity index (χ0n) is 57.3. The molecule has 7 heterocycles. The van der Waals surface area contributed by atoms with Crippen molar-refractivity contribution in [1.29, 1.82) is 0 Å². The summed E-state index contributed by atoms with van der Waals surface area (Å²) in [6, 6.07) is 38.6. The number of pyridine rings is 4. The van der Waals surface area contributed by atoms with E-state index in [9.17, 15) is 24.0 Å². The van der Waals surface area contributed by atoms with Gasteiger partial charge in [0.05, 0.1) is 22.2 Å². The Kier molecular flexibility index (Phi) is 42.9. The molecule has 0 spiro atoms. The molecule has 10 rings (SSSR count). The van der Waals surface area contributed by atoms with Gasteiger partial charge in [0.15, 0.2) is 69.7 Å². The normalized spacial score (nSPS) is 10.3. The van der Waals surface area contributed by atoms with Crippen LogP contribution in [0.4, 0.5) is 17.1 Å². The molecule has 3 aromatic carbocycles. The second-order valence-electron chi connectivity index (χ2n) is 21.5. The number of aryl methyl sites for hydroxylation is 2. The average molecular weight is 1680 g/mol. The van der Waals surface area contributed by atoms with Gasteiger partial charge < -0.3 is 82.0 Å². The van der Waals surface area contributed by atoms with Crippen molar-refractivity contribution < 1.29 is 90.6 Å². The summed E-state index contributed by atoms with van der Waals surface area (Å²) in [7, 11) is 0. The molecule has 0 saturated carbocycles. The van der Waals surface area contributed by atoms with Crippen molar-refractivity contribution in [2.24, 2.45) is 0 Å². The van der Waals surface area contributed by atoms with Gasteiger partial charge in [-0.05, 0) is 157 Å². The fourth-order valence-electron chi connectivity index (χ4n) is 9.49. The molecule has 536 valence electrons. The van der Waals surface area contributed by atoms with Gasteiger partial charge in [-0.3, -0.25) is 14.6 Å². The molecule has 0 bridgehead atoms. The summed E-state index contributed by atoms with van der Waals surface area (Å²) in [4.78, 5) is 68.5. The largest absolute Gasteiger partial charge is 1.00 e. The molecule has 23 heteroatoms. The number of rotatable bonds is 23. The molecular weight excluding hydrogens is 1580 g/mol. The molecule has 0 aliphatic heterocycles. The monoisotopic (exact) mass is 1670 g/mol. The maximum absolute atomic E-state index is 12.4. The Morgan fingerprint density at radius 2 is 0.830 bits per heavy atom. The Bertz CT molecular complexity index is 4260. The lowest BCUT2D eigenvalue weighted by atomic mass is 10.1. The van der Waals surface area contributed by atoms with Gasteiger partial charge in [-0.25, -0.2) is 28.1 Å². The van der Waals surface area contributed by atoms with Gasteiger partial charge in [0.25, 0.3) is 0 Å². The number of hydrogen-bond donors (Lipinski definition) is 3. The molecule has 0 aliphatic rings. The van der Waals surface area contributed by atoms with E-state index in [0.29, 0.717) is 70.2 Å². The maximum atomic E-state index is 12.4. The number of fused-ring (bicyclic) bond motifs is 3. The molecule has 0 saturated heterocycles. The van der Waals surface area contributed by atoms with E-state index in [0.717, 1.165) is 83.6 Å².